The minimum Gasteiger partial charge on any atom is -0.343 e. The predicted octanol–water partition coefficient (Wildman–Crippen LogP) is 4.99. The summed E-state index contributed by atoms with van der Waals surface area (Å²) in [5.41, 5.74) is 4.80. The van der Waals surface area contributed by atoms with E-state index in [4.69, 9.17) is 0 Å². The van der Waals surface area contributed by atoms with Crippen LogP contribution in [0.25, 0.3) is 10.9 Å². The molecule has 0 spiro atoms. The van der Waals surface area contributed by atoms with E-state index < -0.39 is 0 Å². The molecule has 1 N–H and O–H groups in total. The first kappa shape index (κ1) is 15.9. The fourth-order valence-corrected chi connectivity index (χ4v) is 3.30. The SMILES string of the molecule is CCCc1ccc(Cn2ccc3cc(NC(=O)C4CC4)ccc32)cc1. The van der Waals surface area contributed by atoms with E-state index in [1.54, 1.807) is 0 Å². The van der Waals surface area contributed by atoms with Gasteiger partial charge in [0.15, 0.2) is 0 Å². The van der Waals surface area contributed by atoms with Crippen molar-refractivity contribution in [1.29, 1.82) is 0 Å². The largest absolute Gasteiger partial charge is 0.343 e. The van der Waals surface area contributed by atoms with E-state index in [-0.39, 0.29) is 11.8 Å². The molecule has 1 aromatic heterocycles. The molecule has 0 aliphatic heterocycles. The van der Waals surface area contributed by atoms with Gasteiger partial charge in [-0.25, -0.2) is 0 Å². The standard InChI is InChI=1S/C22H24N2O/c1-2-3-16-4-6-17(7-5-16)15-24-13-12-19-14-20(10-11-21(19)24)23-22(25)18-8-9-18/h4-7,10-14,18H,2-3,8-9,15H2,1H3,(H,23,25). The topological polar surface area (TPSA) is 34.0 Å². The van der Waals surface area contributed by atoms with Gasteiger partial charge in [-0.2, -0.15) is 0 Å². The Morgan fingerprint density at radius 2 is 1.84 bits per heavy atom. The second-order valence-electron chi connectivity index (χ2n) is 7.05. The Balaban J connectivity index is 1.51. The zero-order chi connectivity index (χ0) is 17.2. The van der Waals surface area contributed by atoms with Gasteiger partial charge in [0.05, 0.1) is 0 Å². The van der Waals surface area contributed by atoms with Crippen molar-refractivity contribution in [3.63, 3.8) is 0 Å². The number of benzene rings is 2. The van der Waals surface area contributed by atoms with Gasteiger partial charge in [0.25, 0.3) is 0 Å². The van der Waals surface area contributed by atoms with Crippen LogP contribution in [0.5, 0.6) is 0 Å². The van der Waals surface area contributed by atoms with E-state index in [0.717, 1.165) is 36.9 Å². The normalized spacial score (nSPS) is 14.0. The molecule has 1 aliphatic carbocycles. The van der Waals surface area contributed by atoms with Gasteiger partial charge in [-0.1, -0.05) is 37.6 Å². The van der Waals surface area contributed by atoms with Crippen LogP contribution in [0.3, 0.4) is 0 Å². The number of nitrogens with zero attached hydrogens (tertiary/aromatic N) is 1. The highest BCUT2D eigenvalue weighted by Crippen LogP contribution is 2.30. The van der Waals surface area contributed by atoms with Gasteiger partial charge >= 0.3 is 0 Å². The molecule has 1 heterocycles. The van der Waals surface area contributed by atoms with Crippen LogP contribution in [0.2, 0.25) is 0 Å². The third kappa shape index (κ3) is 3.60. The zero-order valence-corrected chi connectivity index (χ0v) is 14.7. The Morgan fingerprint density at radius 1 is 1.08 bits per heavy atom. The average molecular weight is 332 g/mol. The lowest BCUT2D eigenvalue weighted by Crippen LogP contribution is -2.13. The van der Waals surface area contributed by atoms with Crippen molar-refractivity contribution in [1.82, 2.24) is 4.57 Å². The number of fused-ring (bicyclic) bond motifs is 1. The Bertz CT molecular complexity index is 888. The molecule has 4 rings (SSSR count). The first-order valence-corrected chi connectivity index (χ1v) is 9.20. The Kier molecular flexibility index (Phi) is 4.31. The summed E-state index contributed by atoms with van der Waals surface area (Å²) in [6.45, 7) is 3.07. The number of nitrogens with one attached hydrogen (secondary N) is 1. The Morgan fingerprint density at radius 3 is 2.56 bits per heavy atom. The molecule has 25 heavy (non-hydrogen) atoms. The molecule has 1 amide bonds. The number of hydrogen-bond acceptors (Lipinski definition) is 1. The first-order chi connectivity index (χ1) is 12.2. The number of rotatable bonds is 6. The third-order valence-electron chi connectivity index (χ3n) is 4.90. The van der Waals surface area contributed by atoms with E-state index >= 15 is 0 Å². The van der Waals surface area contributed by atoms with E-state index in [2.05, 4.69) is 65.5 Å². The van der Waals surface area contributed by atoms with Gasteiger partial charge in [-0.15, -0.1) is 0 Å². The predicted molar refractivity (Wildman–Crippen MR) is 103 cm³/mol. The lowest BCUT2D eigenvalue weighted by molar-refractivity contribution is -0.117. The summed E-state index contributed by atoms with van der Waals surface area (Å²) in [6.07, 6.45) is 6.50. The van der Waals surface area contributed by atoms with E-state index in [9.17, 15) is 4.79 Å². The van der Waals surface area contributed by atoms with Crippen molar-refractivity contribution in [2.75, 3.05) is 5.32 Å². The molecule has 1 fully saturated rings. The number of aryl methyl sites for hydroxylation is 1. The summed E-state index contributed by atoms with van der Waals surface area (Å²) in [4.78, 5) is 11.9. The summed E-state index contributed by atoms with van der Waals surface area (Å²) < 4.78 is 2.26. The maximum absolute atomic E-state index is 11.9. The van der Waals surface area contributed by atoms with Gasteiger partial charge in [-0.3, -0.25) is 4.79 Å². The lowest BCUT2D eigenvalue weighted by Gasteiger charge is -2.08. The summed E-state index contributed by atoms with van der Waals surface area (Å²) >= 11 is 0. The minimum absolute atomic E-state index is 0.158. The number of carbonyl (C=O) groups is 1. The van der Waals surface area contributed by atoms with Crippen LogP contribution >= 0.6 is 0 Å². The van der Waals surface area contributed by atoms with Crippen molar-refractivity contribution in [3.05, 3.63) is 65.9 Å². The molecule has 0 unspecified atom stereocenters. The van der Waals surface area contributed by atoms with Crippen LogP contribution in [-0.4, -0.2) is 10.5 Å². The van der Waals surface area contributed by atoms with Crippen molar-refractivity contribution in [2.24, 2.45) is 5.92 Å². The molecule has 1 saturated carbocycles. The summed E-state index contributed by atoms with van der Waals surface area (Å²) in [7, 11) is 0. The van der Waals surface area contributed by atoms with Crippen LogP contribution < -0.4 is 5.32 Å². The highest BCUT2D eigenvalue weighted by Gasteiger charge is 2.29. The quantitative estimate of drug-likeness (QED) is 0.678. The zero-order valence-electron chi connectivity index (χ0n) is 14.7. The smallest absolute Gasteiger partial charge is 0.227 e. The number of aromatic nitrogens is 1. The molecule has 128 valence electrons. The molecule has 1 aliphatic rings. The minimum atomic E-state index is 0.158. The highest BCUT2D eigenvalue weighted by molar-refractivity contribution is 5.96. The number of anilines is 1. The summed E-state index contributed by atoms with van der Waals surface area (Å²) in [5, 5.41) is 4.19. The second kappa shape index (κ2) is 6.75. The second-order valence-corrected chi connectivity index (χ2v) is 7.05. The third-order valence-corrected chi connectivity index (χ3v) is 4.90. The lowest BCUT2D eigenvalue weighted by atomic mass is 10.1. The molecular weight excluding hydrogens is 308 g/mol. The molecule has 3 heteroatoms. The average Bonchev–Trinajstić information content (AvgIpc) is 3.40. The van der Waals surface area contributed by atoms with E-state index in [1.807, 2.05) is 6.07 Å². The van der Waals surface area contributed by atoms with Crippen molar-refractivity contribution >= 4 is 22.5 Å². The van der Waals surface area contributed by atoms with Gasteiger partial charge in [0, 0.05) is 35.2 Å². The molecular formula is C22H24N2O. The fourth-order valence-electron chi connectivity index (χ4n) is 3.30. The van der Waals surface area contributed by atoms with Gasteiger partial charge in [0.2, 0.25) is 5.91 Å². The first-order valence-electron chi connectivity index (χ1n) is 9.20. The number of amides is 1. The molecule has 3 nitrogen and oxygen atoms in total. The fraction of sp³-hybridized carbons (Fsp3) is 0.318. The molecule has 0 bridgehead atoms. The van der Waals surface area contributed by atoms with E-state index in [1.165, 1.54) is 23.1 Å². The van der Waals surface area contributed by atoms with Crippen LogP contribution in [0.15, 0.2) is 54.7 Å². The molecule has 0 atom stereocenters. The number of hydrogen-bond donors (Lipinski definition) is 1. The van der Waals surface area contributed by atoms with Crippen LogP contribution in [0.4, 0.5) is 5.69 Å². The Hall–Kier alpha value is -2.55. The maximum atomic E-state index is 11.9. The van der Waals surface area contributed by atoms with Crippen molar-refractivity contribution in [2.45, 2.75) is 39.2 Å². The molecule has 3 aromatic rings. The van der Waals surface area contributed by atoms with Crippen LogP contribution in [0.1, 0.15) is 37.3 Å². The van der Waals surface area contributed by atoms with Gasteiger partial charge < -0.3 is 9.88 Å². The van der Waals surface area contributed by atoms with Crippen molar-refractivity contribution < 1.29 is 4.79 Å². The number of carbonyl (C=O) groups excluding carboxylic acids is 1. The van der Waals surface area contributed by atoms with Crippen LogP contribution in [-0.2, 0) is 17.8 Å². The monoisotopic (exact) mass is 332 g/mol. The van der Waals surface area contributed by atoms with E-state index in [0.29, 0.717) is 0 Å². The highest BCUT2D eigenvalue weighted by atomic mass is 16.2. The maximum Gasteiger partial charge on any atom is 0.227 e. The van der Waals surface area contributed by atoms with Gasteiger partial charge in [0.1, 0.15) is 0 Å². The molecule has 0 radical (unpaired) electrons. The molecule has 2 aromatic carbocycles. The summed E-state index contributed by atoms with van der Waals surface area (Å²) in [6, 6.07) is 17.2. The Labute approximate surface area is 148 Å². The summed E-state index contributed by atoms with van der Waals surface area (Å²) in [5.74, 6) is 0.391. The van der Waals surface area contributed by atoms with Gasteiger partial charge in [-0.05, 0) is 54.7 Å². The molecule has 0 saturated heterocycles. The van der Waals surface area contributed by atoms with Crippen molar-refractivity contribution in [3.8, 4) is 0 Å². The van der Waals surface area contributed by atoms with Crippen LogP contribution in [0, 0.1) is 5.92 Å².